The highest BCUT2D eigenvalue weighted by Gasteiger charge is 2.72. The number of aliphatic hydroxyl groups is 6. The molecule has 8 heteroatoms. The highest BCUT2D eigenvalue weighted by molar-refractivity contribution is 5.80. The first-order valence-electron chi connectivity index (χ1n) is 16.7. The summed E-state index contributed by atoms with van der Waals surface area (Å²) in [5.74, 6) is -0.234. The minimum atomic E-state index is -2.14. The summed E-state index contributed by atoms with van der Waals surface area (Å²) in [7, 11) is 0. The molecule has 0 spiro atoms. The van der Waals surface area contributed by atoms with Crippen molar-refractivity contribution in [2.45, 2.75) is 149 Å². The zero-order valence-corrected chi connectivity index (χ0v) is 27.3. The van der Waals surface area contributed by atoms with Crippen molar-refractivity contribution in [3.05, 3.63) is 11.6 Å². The van der Waals surface area contributed by atoms with Crippen molar-refractivity contribution >= 4 is 5.97 Å². The maximum absolute atomic E-state index is 14.2. The van der Waals surface area contributed by atoms with Crippen LogP contribution in [0.4, 0.5) is 0 Å². The quantitative estimate of drug-likeness (QED) is 0.162. The Morgan fingerprint density at radius 2 is 1.53 bits per heavy atom. The fraction of sp³-hybridized carbons (Fsp3) is 0.914. The molecule has 0 aromatic rings. The molecule has 5 fully saturated rings. The molecular formula is C35H56O8. The summed E-state index contributed by atoms with van der Waals surface area (Å²) in [5.41, 5.74) is -2.81. The molecule has 0 aromatic heterocycles. The highest BCUT2D eigenvalue weighted by Crippen LogP contribution is 2.75. The molecule has 244 valence electrons. The van der Waals surface area contributed by atoms with Crippen molar-refractivity contribution in [2.75, 3.05) is 0 Å². The van der Waals surface area contributed by atoms with Crippen molar-refractivity contribution < 1.29 is 40.2 Å². The molecule has 13 atom stereocenters. The van der Waals surface area contributed by atoms with Gasteiger partial charge in [0.15, 0.2) is 5.60 Å². The van der Waals surface area contributed by atoms with Crippen LogP contribution < -0.4 is 0 Å². The second-order valence-corrected chi connectivity index (χ2v) is 17.8. The monoisotopic (exact) mass is 604 g/mol. The van der Waals surface area contributed by atoms with Gasteiger partial charge in [0.25, 0.3) is 0 Å². The molecule has 43 heavy (non-hydrogen) atoms. The first-order valence-corrected chi connectivity index (χ1v) is 16.7. The fourth-order valence-corrected chi connectivity index (χ4v) is 12.0. The Bertz CT molecular complexity index is 1200. The number of aliphatic hydroxyl groups excluding tert-OH is 5. The van der Waals surface area contributed by atoms with Crippen LogP contribution in [-0.2, 0) is 9.53 Å². The van der Waals surface area contributed by atoms with Gasteiger partial charge in [-0.05, 0) is 103 Å². The van der Waals surface area contributed by atoms with Gasteiger partial charge in [0.05, 0.1) is 18.3 Å². The number of fused-ring (bicyclic) bond motifs is 7. The van der Waals surface area contributed by atoms with Crippen LogP contribution in [0.25, 0.3) is 0 Å². The van der Waals surface area contributed by atoms with E-state index in [1.54, 1.807) is 0 Å². The maximum atomic E-state index is 14.2. The summed E-state index contributed by atoms with van der Waals surface area (Å²) >= 11 is 0. The van der Waals surface area contributed by atoms with Crippen LogP contribution >= 0.6 is 0 Å². The molecule has 6 rings (SSSR count). The number of hydrogen-bond donors (Lipinski definition) is 6. The van der Waals surface area contributed by atoms with Gasteiger partial charge in [0.1, 0.15) is 11.5 Å². The fourth-order valence-electron chi connectivity index (χ4n) is 12.0. The maximum Gasteiger partial charge on any atom is 0.317 e. The van der Waals surface area contributed by atoms with Crippen molar-refractivity contribution in [2.24, 2.45) is 50.2 Å². The lowest BCUT2D eigenvalue weighted by Crippen LogP contribution is -2.70. The number of carbonyl (C=O) groups is 1. The van der Waals surface area contributed by atoms with Crippen LogP contribution in [0.15, 0.2) is 11.6 Å². The van der Waals surface area contributed by atoms with Gasteiger partial charge in [-0.1, -0.05) is 60.1 Å². The van der Waals surface area contributed by atoms with Crippen LogP contribution in [0, 0.1) is 50.2 Å². The average molecular weight is 605 g/mol. The zero-order valence-electron chi connectivity index (χ0n) is 27.3. The van der Waals surface area contributed by atoms with Gasteiger partial charge in [-0.2, -0.15) is 0 Å². The van der Waals surface area contributed by atoms with E-state index in [1.165, 1.54) is 5.57 Å². The average Bonchev–Trinajstić information content (AvgIpc) is 2.90. The molecule has 8 nitrogen and oxygen atoms in total. The Kier molecular flexibility index (Phi) is 7.06. The number of hydrogen-bond acceptors (Lipinski definition) is 8. The molecule has 0 aromatic carbocycles. The van der Waals surface area contributed by atoms with E-state index in [9.17, 15) is 35.4 Å². The first kappa shape index (κ1) is 31.9. The third kappa shape index (κ3) is 3.98. The molecule has 2 unspecified atom stereocenters. The van der Waals surface area contributed by atoms with Gasteiger partial charge in [0, 0.05) is 6.42 Å². The standard InChI is InChI=1S/C35H56O8/c1-29(2)14-15-34(27(40)43-28(41)35(42)17-21(36)26(35)39)20(16-29)19-8-9-23-31(5)12-11-24(37)30(3,4)22(31)10-13-32(23,6)33(19,7)18-25(34)38/h8,20-26,28,36-39,41-42H,9-18H2,1-7H3/t20-,21+,22-,23+,24-,25?,26?,28+,31-,32+,33+,34+,35+/m0/s1. The number of allylic oxidation sites excluding steroid dienone is 2. The molecule has 0 radical (unpaired) electrons. The van der Waals surface area contributed by atoms with Crippen LogP contribution in [0.2, 0.25) is 0 Å². The van der Waals surface area contributed by atoms with Gasteiger partial charge in [-0.25, -0.2) is 0 Å². The topological polar surface area (TPSA) is 148 Å². The van der Waals surface area contributed by atoms with Crippen LogP contribution in [0.1, 0.15) is 113 Å². The van der Waals surface area contributed by atoms with Gasteiger partial charge < -0.3 is 35.4 Å². The van der Waals surface area contributed by atoms with Gasteiger partial charge in [-0.3, -0.25) is 4.79 Å². The molecular weight excluding hydrogens is 548 g/mol. The van der Waals surface area contributed by atoms with E-state index in [0.717, 1.165) is 32.1 Å². The van der Waals surface area contributed by atoms with E-state index < -0.39 is 41.6 Å². The molecule has 0 bridgehead atoms. The Balaban J connectivity index is 1.39. The van der Waals surface area contributed by atoms with E-state index in [1.807, 2.05) is 0 Å². The predicted molar refractivity (Wildman–Crippen MR) is 160 cm³/mol. The number of rotatable bonds is 3. The first-order chi connectivity index (χ1) is 19.7. The minimum Gasteiger partial charge on any atom is -0.432 e. The second kappa shape index (κ2) is 9.51. The van der Waals surface area contributed by atoms with E-state index >= 15 is 0 Å². The Hall–Kier alpha value is -1.03. The smallest absolute Gasteiger partial charge is 0.317 e. The number of esters is 1. The van der Waals surface area contributed by atoms with Gasteiger partial charge in [0.2, 0.25) is 6.29 Å². The van der Waals surface area contributed by atoms with Crippen LogP contribution in [-0.4, -0.2) is 72.9 Å². The largest absolute Gasteiger partial charge is 0.432 e. The third-order valence-corrected chi connectivity index (χ3v) is 15.1. The molecule has 5 saturated carbocycles. The van der Waals surface area contributed by atoms with E-state index in [-0.39, 0.29) is 45.5 Å². The van der Waals surface area contributed by atoms with Gasteiger partial charge >= 0.3 is 5.97 Å². The summed E-state index contributed by atoms with van der Waals surface area (Å²) in [4.78, 5) is 14.2. The molecule has 6 aliphatic rings. The molecule has 0 amide bonds. The van der Waals surface area contributed by atoms with Crippen molar-refractivity contribution in [3.8, 4) is 0 Å². The van der Waals surface area contributed by atoms with Crippen LogP contribution in [0.3, 0.4) is 0 Å². The second-order valence-electron chi connectivity index (χ2n) is 17.8. The molecule has 6 aliphatic carbocycles. The summed E-state index contributed by atoms with van der Waals surface area (Å²) in [5, 5.41) is 64.6. The van der Waals surface area contributed by atoms with Crippen LogP contribution in [0.5, 0.6) is 0 Å². The van der Waals surface area contributed by atoms with E-state index in [0.29, 0.717) is 37.5 Å². The van der Waals surface area contributed by atoms with E-state index in [4.69, 9.17) is 4.74 Å². The van der Waals surface area contributed by atoms with Crippen molar-refractivity contribution in [1.82, 2.24) is 0 Å². The molecule has 0 saturated heterocycles. The molecule has 6 N–H and O–H groups in total. The zero-order chi connectivity index (χ0) is 31.8. The highest BCUT2D eigenvalue weighted by atomic mass is 16.7. The SMILES string of the molecule is CC1(C)CC[C@]2(C(=O)O[C@@H](O)[C@@]3(O)C[C@@H](O)C3O)C(O)C[C@]3(C)C(=CC[C@@H]4[C@@]5(C)CC[C@H](O)C(C)(C)[C@@H]5CC[C@]43C)[C@@H]2C1. The van der Waals surface area contributed by atoms with Crippen molar-refractivity contribution in [1.29, 1.82) is 0 Å². The summed E-state index contributed by atoms with van der Waals surface area (Å²) < 4.78 is 5.56. The third-order valence-electron chi connectivity index (χ3n) is 15.1. The lowest BCUT2D eigenvalue weighted by atomic mass is 9.33. The Morgan fingerprint density at radius 1 is 0.860 bits per heavy atom. The predicted octanol–water partition coefficient (Wildman–Crippen LogP) is 3.84. The lowest BCUT2D eigenvalue weighted by molar-refractivity contribution is -0.308. The molecule has 0 heterocycles. The summed E-state index contributed by atoms with van der Waals surface area (Å²) in [6.45, 7) is 16.0. The summed E-state index contributed by atoms with van der Waals surface area (Å²) in [6, 6.07) is 0. The summed E-state index contributed by atoms with van der Waals surface area (Å²) in [6.07, 6.45) is 2.86. The number of ether oxygens (including phenoxy) is 1. The lowest BCUT2D eigenvalue weighted by Gasteiger charge is -2.71. The Morgan fingerprint density at radius 3 is 2.16 bits per heavy atom. The minimum absolute atomic E-state index is 0.0543. The Labute approximate surface area is 256 Å². The normalized spacial score (nSPS) is 54.0. The number of carbonyl (C=O) groups excluding carboxylic acids is 1. The van der Waals surface area contributed by atoms with Gasteiger partial charge in [-0.15, -0.1) is 0 Å². The van der Waals surface area contributed by atoms with E-state index in [2.05, 4.69) is 54.5 Å². The molecule has 0 aliphatic heterocycles. The van der Waals surface area contributed by atoms with Crippen molar-refractivity contribution in [3.63, 3.8) is 0 Å².